The molecular formula is C26H27N5O4. The summed E-state index contributed by atoms with van der Waals surface area (Å²) >= 11 is 0. The van der Waals surface area contributed by atoms with Gasteiger partial charge >= 0.3 is 5.69 Å². The lowest BCUT2D eigenvalue weighted by Gasteiger charge is -2.14. The van der Waals surface area contributed by atoms with Crippen molar-refractivity contribution in [2.75, 3.05) is 5.32 Å². The van der Waals surface area contributed by atoms with E-state index in [0.29, 0.717) is 17.8 Å². The van der Waals surface area contributed by atoms with E-state index in [-0.39, 0.29) is 29.4 Å². The van der Waals surface area contributed by atoms with E-state index in [0.717, 1.165) is 10.1 Å². The molecule has 0 saturated heterocycles. The number of ketones is 1. The first kappa shape index (κ1) is 23.9. The molecule has 2 heterocycles. The maximum Gasteiger partial charge on any atom is 0.333 e. The van der Waals surface area contributed by atoms with E-state index in [2.05, 4.69) is 10.3 Å². The average molecular weight is 474 g/mol. The molecule has 0 bridgehead atoms. The van der Waals surface area contributed by atoms with Gasteiger partial charge in [0.2, 0.25) is 5.91 Å². The molecule has 0 radical (unpaired) electrons. The van der Waals surface area contributed by atoms with Gasteiger partial charge in [0.05, 0.1) is 12.9 Å². The van der Waals surface area contributed by atoms with Gasteiger partial charge in [-0.05, 0) is 30.5 Å². The molecule has 4 rings (SSSR count). The van der Waals surface area contributed by atoms with Crippen LogP contribution in [0.25, 0.3) is 11.2 Å². The van der Waals surface area contributed by atoms with Crippen molar-refractivity contribution < 1.29 is 9.59 Å². The minimum atomic E-state index is -0.617. The van der Waals surface area contributed by atoms with Gasteiger partial charge in [0.1, 0.15) is 6.54 Å². The number of carbonyl (C=O) groups is 2. The van der Waals surface area contributed by atoms with Crippen molar-refractivity contribution in [1.82, 2.24) is 18.7 Å². The van der Waals surface area contributed by atoms with Gasteiger partial charge in [0, 0.05) is 17.8 Å². The summed E-state index contributed by atoms with van der Waals surface area (Å²) in [4.78, 5) is 55.7. The van der Waals surface area contributed by atoms with Gasteiger partial charge < -0.3 is 9.88 Å². The van der Waals surface area contributed by atoms with Crippen LogP contribution in [0, 0.1) is 5.92 Å². The number of carbonyl (C=O) groups excluding carboxylic acids is 2. The fourth-order valence-electron chi connectivity index (χ4n) is 3.98. The number of amides is 1. The molecule has 0 aliphatic carbocycles. The second-order valence-corrected chi connectivity index (χ2v) is 8.89. The van der Waals surface area contributed by atoms with E-state index < -0.39 is 23.7 Å². The summed E-state index contributed by atoms with van der Waals surface area (Å²) in [6, 6.07) is 15.9. The lowest BCUT2D eigenvalue weighted by Crippen LogP contribution is -2.43. The van der Waals surface area contributed by atoms with Crippen molar-refractivity contribution in [3.8, 4) is 0 Å². The highest BCUT2D eigenvalue weighted by Gasteiger charge is 2.20. The molecular weight excluding hydrogens is 446 g/mol. The normalized spacial score (nSPS) is 11.2. The molecule has 0 unspecified atom stereocenters. The fourth-order valence-corrected chi connectivity index (χ4v) is 3.98. The quantitative estimate of drug-likeness (QED) is 0.396. The Balaban J connectivity index is 1.77. The number of nitrogens with one attached hydrogen (secondary N) is 1. The Bertz CT molecular complexity index is 1510. The van der Waals surface area contributed by atoms with Crippen molar-refractivity contribution in [2.24, 2.45) is 5.92 Å². The molecule has 35 heavy (non-hydrogen) atoms. The largest absolute Gasteiger partial charge is 0.333 e. The van der Waals surface area contributed by atoms with E-state index in [4.69, 9.17) is 0 Å². The number of benzene rings is 2. The predicted molar refractivity (Wildman–Crippen MR) is 134 cm³/mol. The molecule has 0 spiro atoms. The van der Waals surface area contributed by atoms with E-state index in [1.54, 1.807) is 35.2 Å². The molecule has 0 atom stereocenters. The van der Waals surface area contributed by atoms with Crippen LogP contribution >= 0.6 is 0 Å². The van der Waals surface area contributed by atoms with Crippen LogP contribution < -0.4 is 16.6 Å². The number of aromatic nitrogens is 4. The molecule has 9 heteroatoms. The molecule has 2 aromatic carbocycles. The maximum atomic E-state index is 13.4. The van der Waals surface area contributed by atoms with Crippen molar-refractivity contribution in [3.63, 3.8) is 0 Å². The number of Topliss-reactive ketones (excluding diaryl/α,β-unsaturated/α-hetero) is 1. The standard InChI is InChI=1S/C26H27N5O4/c1-17(2)13-29-16-27-24-23(29)25(34)31(26(35)30(24)14-19-8-5-4-6-9-19)15-22(33)28-21-11-7-10-20(12-21)18(3)32/h4-12,16-17H,13-15H2,1-3H3,(H,28,33). The fraction of sp³-hybridized carbons (Fsp3) is 0.269. The lowest BCUT2D eigenvalue weighted by molar-refractivity contribution is -0.116. The number of nitrogens with zero attached hydrogens (tertiary/aromatic N) is 4. The Morgan fingerprint density at radius 3 is 2.43 bits per heavy atom. The first-order chi connectivity index (χ1) is 16.7. The summed E-state index contributed by atoms with van der Waals surface area (Å²) in [6.45, 7) is 5.75. The second-order valence-electron chi connectivity index (χ2n) is 8.89. The molecule has 2 aromatic heterocycles. The molecule has 0 saturated carbocycles. The third-order valence-electron chi connectivity index (χ3n) is 5.58. The first-order valence-electron chi connectivity index (χ1n) is 11.4. The number of anilines is 1. The van der Waals surface area contributed by atoms with Crippen molar-refractivity contribution >= 4 is 28.5 Å². The van der Waals surface area contributed by atoms with E-state index >= 15 is 0 Å². The zero-order chi connectivity index (χ0) is 25.1. The van der Waals surface area contributed by atoms with Crippen LogP contribution in [-0.2, 0) is 24.4 Å². The topological polar surface area (TPSA) is 108 Å². The van der Waals surface area contributed by atoms with Crippen LogP contribution in [0.4, 0.5) is 5.69 Å². The molecule has 4 aromatic rings. The first-order valence-corrected chi connectivity index (χ1v) is 11.4. The predicted octanol–water partition coefficient (Wildman–Crippen LogP) is 2.91. The molecule has 1 amide bonds. The highest BCUT2D eigenvalue weighted by atomic mass is 16.2. The average Bonchev–Trinajstić information content (AvgIpc) is 3.23. The molecule has 180 valence electrons. The molecule has 0 fully saturated rings. The van der Waals surface area contributed by atoms with Crippen molar-refractivity contribution in [1.29, 1.82) is 0 Å². The van der Waals surface area contributed by atoms with Gasteiger partial charge in [-0.2, -0.15) is 0 Å². The summed E-state index contributed by atoms with van der Waals surface area (Å²) in [5.41, 5.74) is 1.10. The van der Waals surface area contributed by atoms with Crippen LogP contribution in [0.15, 0.2) is 70.5 Å². The van der Waals surface area contributed by atoms with Gasteiger partial charge in [-0.3, -0.25) is 19.0 Å². The number of hydrogen-bond acceptors (Lipinski definition) is 5. The van der Waals surface area contributed by atoms with Crippen molar-refractivity contribution in [3.05, 3.63) is 92.9 Å². The summed E-state index contributed by atoms with van der Waals surface area (Å²) < 4.78 is 4.09. The Morgan fingerprint density at radius 1 is 1.00 bits per heavy atom. The second kappa shape index (κ2) is 9.92. The van der Waals surface area contributed by atoms with Gasteiger partial charge in [0.25, 0.3) is 5.56 Å². The van der Waals surface area contributed by atoms with Gasteiger partial charge in [-0.1, -0.05) is 56.3 Å². The Kier molecular flexibility index (Phi) is 6.77. The zero-order valence-corrected chi connectivity index (χ0v) is 19.9. The molecule has 0 aliphatic heterocycles. The molecule has 1 N–H and O–H groups in total. The summed E-state index contributed by atoms with van der Waals surface area (Å²) in [7, 11) is 0. The van der Waals surface area contributed by atoms with Gasteiger partial charge in [-0.25, -0.2) is 14.3 Å². The number of fused-ring (bicyclic) bond motifs is 1. The van der Waals surface area contributed by atoms with Crippen LogP contribution in [0.3, 0.4) is 0 Å². The highest BCUT2D eigenvalue weighted by molar-refractivity contribution is 5.97. The minimum absolute atomic E-state index is 0.134. The molecule has 9 nitrogen and oxygen atoms in total. The monoisotopic (exact) mass is 473 g/mol. The Morgan fingerprint density at radius 2 is 1.74 bits per heavy atom. The smallest absolute Gasteiger partial charge is 0.325 e. The van der Waals surface area contributed by atoms with Crippen LogP contribution in [-0.4, -0.2) is 30.4 Å². The van der Waals surface area contributed by atoms with Crippen LogP contribution in [0.1, 0.15) is 36.7 Å². The maximum absolute atomic E-state index is 13.4. The highest BCUT2D eigenvalue weighted by Crippen LogP contribution is 2.13. The zero-order valence-electron chi connectivity index (χ0n) is 19.9. The third kappa shape index (κ3) is 5.13. The van der Waals surface area contributed by atoms with Crippen molar-refractivity contribution in [2.45, 2.75) is 40.4 Å². The van der Waals surface area contributed by atoms with Crippen LogP contribution in [0.2, 0.25) is 0 Å². The number of rotatable bonds is 8. The SMILES string of the molecule is CC(=O)c1cccc(NC(=O)Cn2c(=O)c3c(ncn3CC(C)C)n(Cc3ccccc3)c2=O)c1. The summed E-state index contributed by atoms with van der Waals surface area (Å²) in [5.74, 6) is -0.443. The third-order valence-corrected chi connectivity index (χ3v) is 5.58. The lowest BCUT2D eigenvalue weighted by atomic mass is 10.1. The summed E-state index contributed by atoms with van der Waals surface area (Å²) in [5, 5.41) is 2.68. The van der Waals surface area contributed by atoms with E-state index in [9.17, 15) is 19.2 Å². The number of imidazole rings is 1. The molecule has 0 aliphatic rings. The van der Waals surface area contributed by atoms with Crippen LogP contribution in [0.5, 0.6) is 0 Å². The van der Waals surface area contributed by atoms with Gasteiger partial charge in [0.15, 0.2) is 16.9 Å². The Hall–Kier alpha value is -4.27. The number of hydrogen-bond donors (Lipinski definition) is 1. The van der Waals surface area contributed by atoms with E-state index in [1.165, 1.54) is 11.5 Å². The Labute approximate surface area is 201 Å². The summed E-state index contributed by atoms with van der Waals surface area (Å²) in [6.07, 6.45) is 1.56. The minimum Gasteiger partial charge on any atom is -0.325 e. The van der Waals surface area contributed by atoms with Gasteiger partial charge in [-0.15, -0.1) is 0 Å². The van der Waals surface area contributed by atoms with E-state index in [1.807, 2.05) is 44.2 Å².